The second kappa shape index (κ2) is 7.71. The molecule has 0 saturated heterocycles. The zero-order valence-electron chi connectivity index (χ0n) is 13.1. The lowest BCUT2D eigenvalue weighted by atomic mass is 9.86. The molecule has 1 fully saturated rings. The Bertz CT molecular complexity index is 603. The van der Waals surface area contributed by atoms with Gasteiger partial charge in [0.1, 0.15) is 0 Å². The molecule has 7 nitrogen and oxygen atoms in total. The Kier molecular flexibility index (Phi) is 5.67. The average Bonchev–Trinajstić information content (AvgIpc) is 2.55. The molecular formula is C16H21N3O4. The van der Waals surface area contributed by atoms with E-state index in [1.54, 1.807) is 0 Å². The van der Waals surface area contributed by atoms with Gasteiger partial charge in [0, 0.05) is 23.7 Å². The molecule has 0 heterocycles. The second-order valence-corrected chi connectivity index (χ2v) is 5.93. The molecule has 1 aliphatic carbocycles. The summed E-state index contributed by atoms with van der Waals surface area (Å²) >= 11 is 0. The lowest BCUT2D eigenvalue weighted by molar-refractivity contribution is -0.384. The molecule has 1 aromatic rings. The van der Waals surface area contributed by atoms with Crippen molar-refractivity contribution in [2.75, 3.05) is 6.54 Å². The zero-order chi connectivity index (χ0) is 16.8. The summed E-state index contributed by atoms with van der Waals surface area (Å²) in [5.41, 5.74) is 0.0103. The maximum atomic E-state index is 12.0. The Balaban J connectivity index is 1.85. The zero-order valence-corrected chi connectivity index (χ0v) is 13.1. The van der Waals surface area contributed by atoms with Crippen LogP contribution in [-0.2, 0) is 4.79 Å². The molecule has 0 spiro atoms. The largest absolute Gasteiger partial charge is 0.352 e. The van der Waals surface area contributed by atoms with Gasteiger partial charge in [0.2, 0.25) is 5.91 Å². The van der Waals surface area contributed by atoms with Crippen LogP contribution in [0.15, 0.2) is 24.3 Å². The van der Waals surface area contributed by atoms with Gasteiger partial charge in [-0.3, -0.25) is 19.7 Å². The van der Waals surface area contributed by atoms with E-state index in [0.29, 0.717) is 5.92 Å². The van der Waals surface area contributed by atoms with Gasteiger partial charge in [-0.15, -0.1) is 0 Å². The van der Waals surface area contributed by atoms with Crippen molar-refractivity contribution in [1.29, 1.82) is 0 Å². The molecular weight excluding hydrogens is 298 g/mol. The van der Waals surface area contributed by atoms with E-state index < -0.39 is 10.8 Å². The lowest BCUT2D eigenvalue weighted by Crippen LogP contribution is -2.45. The van der Waals surface area contributed by atoms with E-state index in [2.05, 4.69) is 17.6 Å². The Labute approximate surface area is 134 Å². The summed E-state index contributed by atoms with van der Waals surface area (Å²) in [4.78, 5) is 34.0. The van der Waals surface area contributed by atoms with Gasteiger partial charge in [0.15, 0.2) is 0 Å². The third kappa shape index (κ3) is 4.77. The van der Waals surface area contributed by atoms with Gasteiger partial charge in [0.05, 0.1) is 11.5 Å². The van der Waals surface area contributed by atoms with Crippen molar-refractivity contribution in [3.8, 4) is 0 Å². The molecule has 2 rings (SSSR count). The first-order valence-electron chi connectivity index (χ1n) is 7.79. The topological polar surface area (TPSA) is 101 Å². The minimum atomic E-state index is -0.562. The van der Waals surface area contributed by atoms with Gasteiger partial charge >= 0.3 is 0 Å². The SMILES string of the molecule is C[C@H]1CCCC[C@H]1NC(=O)CNC(=O)c1cccc([N+](=O)[O-])c1. The standard InChI is InChI=1S/C16H21N3O4/c1-11-5-2-3-8-14(11)18-15(20)10-17-16(21)12-6-4-7-13(9-12)19(22)23/h4,6-7,9,11,14H,2-3,5,8,10H2,1H3,(H,17,21)(H,18,20)/t11-,14+/m0/s1. The number of nitro groups is 1. The Morgan fingerprint density at radius 2 is 2.04 bits per heavy atom. The lowest BCUT2D eigenvalue weighted by Gasteiger charge is -2.29. The van der Waals surface area contributed by atoms with Crippen LogP contribution in [0.5, 0.6) is 0 Å². The van der Waals surface area contributed by atoms with Gasteiger partial charge in [-0.2, -0.15) is 0 Å². The van der Waals surface area contributed by atoms with E-state index in [-0.39, 0.29) is 29.7 Å². The quantitative estimate of drug-likeness (QED) is 0.640. The molecule has 1 saturated carbocycles. The highest BCUT2D eigenvalue weighted by atomic mass is 16.6. The molecule has 2 N–H and O–H groups in total. The number of amides is 2. The van der Waals surface area contributed by atoms with E-state index >= 15 is 0 Å². The number of nitro benzene ring substituents is 1. The van der Waals surface area contributed by atoms with Crippen molar-refractivity contribution in [2.24, 2.45) is 5.92 Å². The van der Waals surface area contributed by atoms with Crippen LogP contribution in [0.25, 0.3) is 0 Å². The number of carbonyl (C=O) groups is 2. The smallest absolute Gasteiger partial charge is 0.270 e. The minimum absolute atomic E-state index is 0.134. The van der Waals surface area contributed by atoms with E-state index in [4.69, 9.17) is 0 Å². The number of carbonyl (C=O) groups excluding carboxylic acids is 2. The van der Waals surface area contributed by atoms with Crippen LogP contribution in [0.3, 0.4) is 0 Å². The molecule has 2 amide bonds. The second-order valence-electron chi connectivity index (χ2n) is 5.93. The summed E-state index contributed by atoms with van der Waals surface area (Å²) in [5.74, 6) is -0.289. The molecule has 0 bridgehead atoms. The molecule has 2 atom stereocenters. The summed E-state index contributed by atoms with van der Waals surface area (Å²) in [7, 11) is 0. The molecule has 1 aliphatic rings. The van der Waals surface area contributed by atoms with Crippen molar-refractivity contribution in [1.82, 2.24) is 10.6 Å². The predicted octanol–water partition coefficient (Wildman–Crippen LogP) is 2.02. The molecule has 0 unspecified atom stereocenters. The molecule has 23 heavy (non-hydrogen) atoms. The molecule has 7 heteroatoms. The summed E-state index contributed by atoms with van der Waals surface area (Å²) in [6, 6.07) is 5.58. The maximum Gasteiger partial charge on any atom is 0.270 e. The Hall–Kier alpha value is -2.44. The van der Waals surface area contributed by atoms with Gasteiger partial charge in [-0.1, -0.05) is 25.8 Å². The van der Waals surface area contributed by atoms with E-state index in [0.717, 1.165) is 19.3 Å². The third-order valence-corrected chi connectivity index (χ3v) is 4.19. The number of hydrogen-bond donors (Lipinski definition) is 2. The van der Waals surface area contributed by atoms with Crippen molar-refractivity contribution in [3.05, 3.63) is 39.9 Å². The van der Waals surface area contributed by atoms with Crippen LogP contribution in [0.1, 0.15) is 43.0 Å². The fourth-order valence-electron chi connectivity index (χ4n) is 2.81. The monoisotopic (exact) mass is 319 g/mol. The summed E-state index contributed by atoms with van der Waals surface area (Å²) in [6.07, 6.45) is 4.36. The van der Waals surface area contributed by atoms with Crippen molar-refractivity contribution in [2.45, 2.75) is 38.6 Å². The van der Waals surface area contributed by atoms with Crippen LogP contribution in [0.4, 0.5) is 5.69 Å². The Morgan fingerprint density at radius 1 is 1.30 bits per heavy atom. The summed E-state index contributed by atoms with van der Waals surface area (Å²) < 4.78 is 0. The van der Waals surface area contributed by atoms with Crippen LogP contribution >= 0.6 is 0 Å². The number of non-ortho nitro benzene ring substituents is 1. The molecule has 0 aromatic heterocycles. The molecule has 1 aromatic carbocycles. The van der Waals surface area contributed by atoms with Crippen molar-refractivity contribution < 1.29 is 14.5 Å². The average molecular weight is 319 g/mol. The number of rotatable bonds is 5. The summed E-state index contributed by atoms with van der Waals surface area (Å²) in [5, 5.41) is 16.1. The molecule has 0 aliphatic heterocycles. The number of hydrogen-bond acceptors (Lipinski definition) is 4. The van der Waals surface area contributed by atoms with E-state index in [1.165, 1.54) is 30.7 Å². The Morgan fingerprint density at radius 3 is 2.74 bits per heavy atom. The van der Waals surface area contributed by atoms with Crippen LogP contribution < -0.4 is 10.6 Å². The minimum Gasteiger partial charge on any atom is -0.352 e. The van der Waals surface area contributed by atoms with E-state index in [9.17, 15) is 19.7 Å². The maximum absolute atomic E-state index is 12.0. The van der Waals surface area contributed by atoms with E-state index in [1.807, 2.05) is 0 Å². The van der Waals surface area contributed by atoms with Crippen LogP contribution in [-0.4, -0.2) is 29.3 Å². The highest BCUT2D eigenvalue weighted by Gasteiger charge is 2.22. The van der Waals surface area contributed by atoms with Gasteiger partial charge in [-0.25, -0.2) is 0 Å². The number of nitrogens with zero attached hydrogens (tertiary/aromatic N) is 1. The highest BCUT2D eigenvalue weighted by Crippen LogP contribution is 2.23. The van der Waals surface area contributed by atoms with Gasteiger partial charge in [0.25, 0.3) is 11.6 Å². The first-order chi connectivity index (χ1) is 11.0. The fourth-order valence-corrected chi connectivity index (χ4v) is 2.81. The molecule has 124 valence electrons. The van der Waals surface area contributed by atoms with Gasteiger partial charge < -0.3 is 10.6 Å². The first-order valence-corrected chi connectivity index (χ1v) is 7.79. The highest BCUT2D eigenvalue weighted by molar-refractivity contribution is 5.96. The van der Waals surface area contributed by atoms with Gasteiger partial charge in [-0.05, 0) is 24.8 Å². The summed E-state index contributed by atoms with van der Waals surface area (Å²) in [6.45, 7) is 1.98. The third-order valence-electron chi connectivity index (χ3n) is 4.19. The number of nitrogens with one attached hydrogen (secondary N) is 2. The number of benzene rings is 1. The first kappa shape index (κ1) is 16.9. The van der Waals surface area contributed by atoms with Crippen LogP contribution in [0.2, 0.25) is 0 Å². The fraction of sp³-hybridized carbons (Fsp3) is 0.500. The van der Waals surface area contributed by atoms with Crippen LogP contribution in [0, 0.1) is 16.0 Å². The van der Waals surface area contributed by atoms with Crippen molar-refractivity contribution >= 4 is 17.5 Å². The normalized spacial score (nSPS) is 20.6. The predicted molar refractivity (Wildman–Crippen MR) is 85.0 cm³/mol. The molecule has 0 radical (unpaired) electrons. The van der Waals surface area contributed by atoms with Crippen molar-refractivity contribution in [3.63, 3.8) is 0 Å².